The third-order valence-electron chi connectivity index (χ3n) is 7.21. The minimum atomic E-state index is 0.204. The minimum absolute atomic E-state index is 0.204. The first-order valence-electron chi connectivity index (χ1n) is 12.2. The molecule has 0 amide bonds. The molecule has 0 aromatic heterocycles. The molecule has 2 heteroatoms. The smallest absolute Gasteiger partial charge is 0.0466 e. The highest BCUT2D eigenvalue weighted by Crippen LogP contribution is 2.51. The zero-order valence-electron chi connectivity index (χ0n) is 19.0. The minimum Gasteiger partial charge on any atom is -0.302 e. The van der Waals surface area contributed by atoms with Gasteiger partial charge in [0.2, 0.25) is 0 Å². The molecule has 0 radical (unpaired) electrons. The highest BCUT2D eigenvalue weighted by Gasteiger charge is 2.48. The lowest BCUT2D eigenvalue weighted by atomic mass is 9.97. The predicted octanol–water partition coefficient (Wildman–Crippen LogP) is 6.21. The van der Waals surface area contributed by atoms with E-state index in [-0.39, 0.29) is 5.54 Å². The van der Waals surface area contributed by atoms with Gasteiger partial charge in [0.25, 0.3) is 0 Å². The first-order valence-corrected chi connectivity index (χ1v) is 12.2. The molecule has 0 unspecified atom stereocenters. The molecule has 164 valence electrons. The second-order valence-corrected chi connectivity index (χ2v) is 9.24. The van der Waals surface area contributed by atoms with E-state index in [1.165, 1.54) is 67.6 Å². The summed E-state index contributed by atoms with van der Waals surface area (Å²) < 4.78 is 0. The lowest BCUT2D eigenvalue weighted by molar-refractivity contribution is 0.170. The molecule has 1 heterocycles. The van der Waals surface area contributed by atoms with E-state index in [0.29, 0.717) is 0 Å². The monoisotopic (exact) mass is 422 g/mol. The summed E-state index contributed by atoms with van der Waals surface area (Å²) in [7, 11) is 0. The van der Waals surface area contributed by atoms with E-state index in [2.05, 4.69) is 107 Å². The SMILES string of the molecule is C(CN(CCN1CCCC1)C1(c2ccccc2)CC1)=C(c1ccccc1)c1ccccc1. The third-order valence-corrected chi connectivity index (χ3v) is 7.21. The van der Waals surface area contributed by atoms with Crippen molar-refractivity contribution in [3.05, 3.63) is 114 Å². The Morgan fingerprint density at radius 3 is 1.81 bits per heavy atom. The van der Waals surface area contributed by atoms with E-state index in [1.807, 2.05) is 0 Å². The molecule has 2 fully saturated rings. The van der Waals surface area contributed by atoms with Gasteiger partial charge in [-0.3, -0.25) is 4.90 Å². The van der Waals surface area contributed by atoms with Crippen molar-refractivity contribution in [2.75, 3.05) is 32.7 Å². The van der Waals surface area contributed by atoms with Crippen molar-refractivity contribution in [1.29, 1.82) is 0 Å². The second-order valence-electron chi connectivity index (χ2n) is 9.24. The van der Waals surface area contributed by atoms with Crippen molar-refractivity contribution in [1.82, 2.24) is 9.80 Å². The van der Waals surface area contributed by atoms with Crippen LogP contribution >= 0.6 is 0 Å². The van der Waals surface area contributed by atoms with Crippen LogP contribution in [-0.4, -0.2) is 42.5 Å². The summed E-state index contributed by atoms with van der Waals surface area (Å²) in [4.78, 5) is 5.40. The molecule has 32 heavy (non-hydrogen) atoms. The van der Waals surface area contributed by atoms with E-state index in [1.54, 1.807) is 0 Å². The van der Waals surface area contributed by atoms with Gasteiger partial charge in [0.05, 0.1) is 0 Å². The van der Waals surface area contributed by atoms with Gasteiger partial charge < -0.3 is 4.90 Å². The Morgan fingerprint density at radius 1 is 0.750 bits per heavy atom. The molecule has 2 aliphatic rings. The quantitative estimate of drug-likeness (QED) is 0.405. The zero-order chi connectivity index (χ0) is 21.6. The van der Waals surface area contributed by atoms with E-state index >= 15 is 0 Å². The van der Waals surface area contributed by atoms with Crippen LogP contribution in [0, 0.1) is 0 Å². The maximum atomic E-state index is 2.76. The highest BCUT2D eigenvalue weighted by molar-refractivity contribution is 5.79. The Labute approximate surface area is 193 Å². The van der Waals surface area contributed by atoms with Crippen molar-refractivity contribution in [3.63, 3.8) is 0 Å². The van der Waals surface area contributed by atoms with E-state index in [9.17, 15) is 0 Å². The highest BCUT2D eigenvalue weighted by atomic mass is 15.3. The van der Waals surface area contributed by atoms with Gasteiger partial charge in [-0.2, -0.15) is 0 Å². The van der Waals surface area contributed by atoms with Gasteiger partial charge in [0, 0.05) is 25.2 Å². The molecular weight excluding hydrogens is 388 g/mol. The Kier molecular flexibility index (Phi) is 6.52. The number of likely N-dealkylation sites (tertiary alicyclic amines) is 1. The molecule has 0 N–H and O–H groups in total. The summed E-state index contributed by atoms with van der Waals surface area (Å²) in [5.74, 6) is 0. The molecule has 3 aromatic carbocycles. The molecule has 1 saturated carbocycles. The Morgan fingerprint density at radius 2 is 1.28 bits per heavy atom. The van der Waals surface area contributed by atoms with Crippen molar-refractivity contribution in [3.8, 4) is 0 Å². The zero-order valence-corrected chi connectivity index (χ0v) is 19.0. The third kappa shape index (κ3) is 4.72. The molecule has 3 aromatic rings. The van der Waals surface area contributed by atoms with Crippen LogP contribution in [0.3, 0.4) is 0 Å². The van der Waals surface area contributed by atoms with Crippen molar-refractivity contribution in [2.24, 2.45) is 0 Å². The van der Waals surface area contributed by atoms with Gasteiger partial charge >= 0.3 is 0 Å². The van der Waals surface area contributed by atoms with Crippen LogP contribution in [-0.2, 0) is 5.54 Å². The average molecular weight is 423 g/mol. The molecule has 0 bridgehead atoms. The van der Waals surface area contributed by atoms with E-state index in [0.717, 1.165) is 13.1 Å². The molecule has 1 aliphatic carbocycles. The maximum absolute atomic E-state index is 2.76. The fourth-order valence-corrected chi connectivity index (χ4v) is 5.24. The van der Waals surface area contributed by atoms with Crippen LogP contribution in [0.25, 0.3) is 5.57 Å². The van der Waals surface area contributed by atoms with E-state index < -0.39 is 0 Å². The number of rotatable bonds is 9. The molecule has 1 aliphatic heterocycles. The summed E-state index contributed by atoms with van der Waals surface area (Å²) in [6, 6.07) is 32.9. The number of benzene rings is 3. The summed E-state index contributed by atoms with van der Waals surface area (Å²) in [6.07, 6.45) is 7.71. The van der Waals surface area contributed by atoms with Crippen LogP contribution < -0.4 is 0 Å². The summed E-state index contributed by atoms with van der Waals surface area (Å²) in [6.45, 7) is 5.81. The van der Waals surface area contributed by atoms with Crippen LogP contribution in [0.1, 0.15) is 42.4 Å². The van der Waals surface area contributed by atoms with Crippen molar-refractivity contribution >= 4 is 5.57 Å². The Bertz CT molecular complexity index is 959. The van der Waals surface area contributed by atoms with Crippen LogP contribution in [0.4, 0.5) is 0 Å². The topological polar surface area (TPSA) is 6.48 Å². The normalized spacial score (nSPS) is 17.4. The molecule has 5 rings (SSSR count). The van der Waals surface area contributed by atoms with E-state index in [4.69, 9.17) is 0 Å². The van der Waals surface area contributed by atoms with Crippen LogP contribution in [0.15, 0.2) is 97.1 Å². The Balaban J connectivity index is 1.44. The van der Waals surface area contributed by atoms with Crippen molar-refractivity contribution < 1.29 is 0 Å². The first-order chi connectivity index (χ1) is 15.9. The van der Waals surface area contributed by atoms with Crippen LogP contribution in [0.5, 0.6) is 0 Å². The van der Waals surface area contributed by atoms with Gasteiger partial charge in [-0.25, -0.2) is 0 Å². The van der Waals surface area contributed by atoms with Gasteiger partial charge in [-0.05, 0) is 61.0 Å². The second kappa shape index (κ2) is 9.85. The Hall–Kier alpha value is -2.68. The predicted molar refractivity (Wildman–Crippen MR) is 135 cm³/mol. The largest absolute Gasteiger partial charge is 0.302 e. The number of hydrogen-bond donors (Lipinski definition) is 0. The molecule has 0 spiro atoms. The van der Waals surface area contributed by atoms with Gasteiger partial charge in [0.15, 0.2) is 0 Å². The average Bonchev–Trinajstić information content (AvgIpc) is 3.50. The standard InChI is InChI=1S/C30H34N2/c1-4-12-26(13-5-1)29(27-14-6-2-7-15-27)18-23-32(25-24-31-21-10-11-22-31)30(19-20-30)28-16-8-3-9-17-28/h1-9,12-18H,10-11,19-25H2. The van der Waals surface area contributed by atoms with Crippen LogP contribution in [0.2, 0.25) is 0 Å². The van der Waals surface area contributed by atoms with Gasteiger partial charge in [-0.1, -0.05) is 97.1 Å². The maximum Gasteiger partial charge on any atom is 0.0466 e. The lowest BCUT2D eigenvalue weighted by Gasteiger charge is -2.33. The number of nitrogens with zero attached hydrogens (tertiary/aromatic N) is 2. The fraction of sp³-hybridized carbons (Fsp3) is 0.333. The summed E-state index contributed by atoms with van der Waals surface area (Å²) >= 11 is 0. The summed E-state index contributed by atoms with van der Waals surface area (Å²) in [5.41, 5.74) is 5.61. The molecule has 1 saturated heterocycles. The first kappa shape index (κ1) is 21.2. The fourth-order valence-electron chi connectivity index (χ4n) is 5.24. The molecule has 0 atom stereocenters. The summed E-state index contributed by atoms with van der Waals surface area (Å²) in [5, 5.41) is 0. The van der Waals surface area contributed by atoms with Crippen molar-refractivity contribution in [2.45, 2.75) is 31.2 Å². The molecule has 2 nitrogen and oxygen atoms in total. The molecular formula is C30H34N2. The van der Waals surface area contributed by atoms with Gasteiger partial charge in [0.1, 0.15) is 0 Å². The van der Waals surface area contributed by atoms with Gasteiger partial charge in [-0.15, -0.1) is 0 Å². The number of hydrogen-bond acceptors (Lipinski definition) is 2. The lowest BCUT2D eigenvalue weighted by Crippen LogP contribution is -2.41.